The Morgan fingerprint density at radius 2 is 2.22 bits per heavy atom. The van der Waals surface area contributed by atoms with Gasteiger partial charge in [-0.3, -0.25) is 0 Å². The van der Waals surface area contributed by atoms with Crippen LogP contribution in [-0.4, -0.2) is 23.2 Å². The third kappa shape index (κ3) is 2.19. The fourth-order valence-electron chi connectivity index (χ4n) is 1.58. The molecule has 0 spiro atoms. The van der Waals surface area contributed by atoms with Crippen LogP contribution in [0.1, 0.15) is 15.4 Å². The number of ether oxygens (including phenoxy) is 1. The van der Waals surface area contributed by atoms with Crippen molar-refractivity contribution in [1.82, 2.24) is 4.98 Å². The van der Waals surface area contributed by atoms with Crippen molar-refractivity contribution in [3.63, 3.8) is 0 Å². The number of benzene rings is 1. The Labute approximate surface area is 113 Å². The number of hydrogen-bond acceptors (Lipinski definition) is 4. The Morgan fingerprint density at radius 3 is 2.78 bits per heavy atom. The van der Waals surface area contributed by atoms with Crippen LogP contribution in [0.3, 0.4) is 0 Å². The van der Waals surface area contributed by atoms with Gasteiger partial charge in [-0.25, -0.2) is 9.78 Å². The summed E-state index contributed by atoms with van der Waals surface area (Å²) >= 11 is 7.41. The number of thiazole rings is 1. The third-order valence-corrected chi connectivity index (χ3v) is 3.71. The molecule has 0 radical (unpaired) electrons. The highest BCUT2D eigenvalue weighted by Crippen LogP contribution is 2.39. The fourth-order valence-corrected chi connectivity index (χ4v) is 2.86. The molecule has 94 valence electrons. The minimum atomic E-state index is -1.04. The van der Waals surface area contributed by atoms with E-state index >= 15 is 0 Å². The molecule has 1 N–H and O–H groups in total. The zero-order valence-corrected chi connectivity index (χ0v) is 11.3. The summed E-state index contributed by atoms with van der Waals surface area (Å²) in [6.45, 7) is 1.72. The quantitative estimate of drug-likeness (QED) is 0.937. The van der Waals surface area contributed by atoms with Gasteiger partial charge in [0.15, 0.2) is 5.69 Å². The van der Waals surface area contributed by atoms with Crippen molar-refractivity contribution < 1.29 is 14.6 Å². The van der Waals surface area contributed by atoms with E-state index in [2.05, 4.69) is 4.98 Å². The molecule has 0 fully saturated rings. The zero-order valence-electron chi connectivity index (χ0n) is 9.73. The monoisotopic (exact) mass is 283 g/mol. The van der Waals surface area contributed by atoms with E-state index in [1.54, 1.807) is 25.1 Å². The molecular formula is C12H10ClNO3S. The third-order valence-electron chi connectivity index (χ3n) is 2.41. The molecule has 0 saturated heterocycles. The van der Waals surface area contributed by atoms with Gasteiger partial charge in [0.05, 0.1) is 17.7 Å². The predicted molar refractivity (Wildman–Crippen MR) is 70.8 cm³/mol. The number of nitrogens with zero attached hydrogens (tertiary/aromatic N) is 1. The summed E-state index contributed by atoms with van der Waals surface area (Å²) in [6, 6.07) is 5.25. The summed E-state index contributed by atoms with van der Waals surface area (Å²) in [5, 5.41) is 10.0. The number of aromatic carboxylic acids is 1. The van der Waals surface area contributed by atoms with Crippen molar-refractivity contribution in [3.8, 4) is 16.3 Å². The number of carbonyl (C=O) groups is 1. The lowest BCUT2D eigenvalue weighted by atomic mass is 10.2. The minimum Gasteiger partial charge on any atom is -0.496 e. The maximum absolute atomic E-state index is 11.0. The summed E-state index contributed by atoms with van der Waals surface area (Å²) in [7, 11) is 1.54. The van der Waals surface area contributed by atoms with Crippen molar-refractivity contribution in [1.29, 1.82) is 0 Å². The zero-order chi connectivity index (χ0) is 13.3. The van der Waals surface area contributed by atoms with Gasteiger partial charge in [-0.05, 0) is 19.1 Å². The molecule has 0 aliphatic carbocycles. The van der Waals surface area contributed by atoms with Crippen LogP contribution < -0.4 is 4.74 Å². The molecule has 18 heavy (non-hydrogen) atoms. The van der Waals surface area contributed by atoms with Crippen molar-refractivity contribution in [2.75, 3.05) is 7.11 Å². The molecule has 0 bridgehead atoms. The van der Waals surface area contributed by atoms with E-state index in [9.17, 15) is 4.79 Å². The summed E-state index contributed by atoms with van der Waals surface area (Å²) in [5.74, 6) is -0.464. The molecular weight excluding hydrogens is 274 g/mol. The highest BCUT2D eigenvalue weighted by molar-refractivity contribution is 7.15. The largest absolute Gasteiger partial charge is 0.496 e. The summed E-state index contributed by atoms with van der Waals surface area (Å²) in [6.07, 6.45) is 0. The molecule has 2 aromatic rings. The van der Waals surface area contributed by atoms with Crippen LogP contribution in [0.5, 0.6) is 5.75 Å². The topological polar surface area (TPSA) is 59.4 Å². The summed E-state index contributed by atoms with van der Waals surface area (Å²) in [5.41, 5.74) is 0.680. The minimum absolute atomic E-state index is 0.0528. The smallest absolute Gasteiger partial charge is 0.355 e. The maximum Gasteiger partial charge on any atom is 0.355 e. The van der Waals surface area contributed by atoms with Crippen molar-refractivity contribution >= 4 is 28.9 Å². The average molecular weight is 284 g/mol. The normalized spacial score (nSPS) is 10.4. The molecule has 1 aromatic carbocycles. The van der Waals surface area contributed by atoms with E-state index in [-0.39, 0.29) is 5.69 Å². The molecule has 0 saturated carbocycles. The van der Waals surface area contributed by atoms with Crippen LogP contribution in [0.4, 0.5) is 0 Å². The molecule has 4 nitrogen and oxygen atoms in total. The number of hydrogen-bond donors (Lipinski definition) is 1. The van der Waals surface area contributed by atoms with Crippen LogP contribution in [0.25, 0.3) is 10.6 Å². The lowest BCUT2D eigenvalue weighted by molar-refractivity contribution is 0.0690. The van der Waals surface area contributed by atoms with E-state index in [1.165, 1.54) is 18.4 Å². The summed E-state index contributed by atoms with van der Waals surface area (Å²) in [4.78, 5) is 15.7. The predicted octanol–water partition coefficient (Wildman–Crippen LogP) is 3.48. The Kier molecular flexibility index (Phi) is 3.54. The van der Waals surface area contributed by atoms with Crippen LogP contribution >= 0.6 is 22.9 Å². The average Bonchev–Trinajstić information content (AvgIpc) is 2.70. The van der Waals surface area contributed by atoms with Crippen LogP contribution in [0.2, 0.25) is 5.02 Å². The number of aromatic nitrogens is 1. The van der Waals surface area contributed by atoms with Gasteiger partial charge in [-0.15, -0.1) is 11.3 Å². The first-order valence-electron chi connectivity index (χ1n) is 5.08. The highest BCUT2D eigenvalue weighted by atomic mass is 35.5. The fraction of sp³-hybridized carbons (Fsp3) is 0.167. The van der Waals surface area contributed by atoms with Gasteiger partial charge < -0.3 is 9.84 Å². The second-order valence-electron chi connectivity index (χ2n) is 3.55. The number of methoxy groups -OCH3 is 1. The first-order chi connectivity index (χ1) is 8.54. The van der Waals surface area contributed by atoms with E-state index in [0.29, 0.717) is 26.2 Å². The second kappa shape index (κ2) is 4.96. The molecule has 0 aliphatic rings. The number of rotatable bonds is 3. The molecule has 2 rings (SSSR count). The molecule has 6 heteroatoms. The van der Waals surface area contributed by atoms with Crippen LogP contribution in [0.15, 0.2) is 18.2 Å². The Hall–Kier alpha value is -1.59. The van der Waals surface area contributed by atoms with Gasteiger partial charge >= 0.3 is 5.97 Å². The first-order valence-corrected chi connectivity index (χ1v) is 6.27. The number of carboxylic acids is 1. The Balaban J connectivity index is 2.62. The number of aryl methyl sites for hydroxylation is 1. The lowest BCUT2D eigenvalue weighted by Crippen LogP contribution is -1.98. The van der Waals surface area contributed by atoms with Gasteiger partial charge in [0, 0.05) is 4.88 Å². The van der Waals surface area contributed by atoms with Crippen molar-refractivity contribution in [3.05, 3.63) is 33.8 Å². The SMILES string of the molecule is COc1cccc(Cl)c1-c1nc(C(=O)O)c(C)s1. The van der Waals surface area contributed by atoms with Crippen LogP contribution in [0, 0.1) is 6.92 Å². The lowest BCUT2D eigenvalue weighted by Gasteiger charge is -2.07. The van der Waals surface area contributed by atoms with Gasteiger partial charge in [0.2, 0.25) is 0 Å². The summed E-state index contributed by atoms with van der Waals surface area (Å²) < 4.78 is 5.22. The molecule has 0 unspecified atom stereocenters. The maximum atomic E-state index is 11.0. The molecule has 0 atom stereocenters. The van der Waals surface area contributed by atoms with Gasteiger partial charge in [-0.2, -0.15) is 0 Å². The van der Waals surface area contributed by atoms with Crippen molar-refractivity contribution in [2.24, 2.45) is 0 Å². The molecule has 1 aromatic heterocycles. The van der Waals surface area contributed by atoms with Crippen molar-refractivity contribution in [2.45, 2.75) is 6.92 Å². The van der Waals surface area contributed by atoms with Gasteiger partial charge in [-0.1, -0.05) is 17.7 Å². The molecule has 1 heterocycles. The highest BCUT2D eigenvalue weighted by Gasteiger charge is 2.19. The van der Waals surface area contributed by atoms with E-state index in [0.717, 1.165) is 0 Å². The van der Waals surface area contributed by atoms with E-state index < -0.39 is 5.97 Å². The standard InChI is InChI=1S/C12H10ClNO3S/c1-6-10(12(15)16)14-11(18-6)9-7(13)4-3-5-8(9)17-2/h3-5H,1-2H3,(H,15,16). The molecule has 0 aliphatic heterocycles. The van der Waals surface area contributed by atoms with E-state index in [4.69, 9.17) is 21.4 Å². The number of halogens is 1. The van der Waals surface area contributed by atoms with Gasteiger partial charge in [0.1, 0.15) is 10.8 Å². The van der Waals surface area contributed by atoms with E-state index in [1.807, 2.05) is 0 Å². The Bertz CT molecular complexity index is 609. The first kappa shape index (κ1) is 12.9. The molecule has 0 amide bonds. The Morgan fingerprint density at radius 1 is 1.50 bits per heavy atom. The second-order valence-corrected chi connectivity index (χ2v) is 5.16. The van der Waals surface area contributed by atoms with Crippen LogP contribution in [-0.2, 0) is 0 Å². The van der Waals surface area contributed by atoms with Gasteiger partial charge in [0.25, 0.3) is 0 Å². The number of carboxylic acid groups (broad SMARTS) is 1.